The zero-order valence-corrected chi connectivity index (χ0v) is 18.2. The van der Waals surface area contributed by atoms with Crippen molar-refractivity contribution < 1.29 is 9.53 Å². The van der Waals surface area contributed by atoms with Crippen LogP contribution in [0.5, 0.6) is 5.75 Å². The molecular formula is C24H29N5O2. The Labute approximate surface area is 183 Å². The molecule has 1 saturated heterocycles. The molecule has 0 unspecified atom stereocenters. The lowest BCUT2D eigenvalue weighted by Crippen LogP contribution is -2.31. The average Bonchev–Trinajstić information content (AvgIpc) is 2.81. The zero-order valence-electron chi connectivity index (χ0n) is 18.2. The van der Waals surface area contributed by atoms with E-state index < -0.39 is 0 Å². The second-order valence-electron chi connectivity index (χ2n) is 7.94. The van der Waals surface area contributed by atoms with E-state index in [-0.39, 0.29) is 5.91 Å². The quantitative estimate of drug-likeness (QED) is 0.587. The van der Waals surface area contributed by atoms with Gasteiger partial charge in [0.25, 0.3) is 5.91 Å². The minimum absolute atomic E-state index is 0.0405. The molecular weight excluding hydrogens is 390 g/mol. The van der Waals surface area contributed by atoms with Gasteiger partial charge in [-0.15, -0.1) is 0 Å². The molecule has 0 spiro atoms. The number of ether oxygens (including phenoxy) is 1. The van der Waals surface area contributed by atoms with Crippen molar-refractivity contribution in [1.29, 1.82) is 0 Å². The number of amides is 1. The van der Waals surface area contributed by atoms with Gasteiger partial charge in [-0.25, -0.2) is 4.98 Å². The lowest BCUT2D eigenvalue weighted by molar-refractivity contribution is 0.0827. The van der Waals surface area contributed by atoms with Gasteiger partial charge >= 0.3 is 0 Å². The van der Waals surface area contributed by atoms with Gasteiger partial charge < -0.3 is 19.9 Å². The summed E-state index contributed by atoms with van der Waals surface area (Å²) >= 11 is 0. The number of hydrogen-bond acceptors (Lipinski definition) is 6. The number of nitrogens with one attached hydrogen (secondary N) is 1. The van der Waals surface area contributed by atoms with Gasteiger partial charge in [0.2, 0.25) is 5.95 Å². The number of para-hydroxylation sites is 1. The van der Waals surface area contributed by atoms with Crippen LogP contribution in [0.15, 0.2) is 48.5 Å². The van der Waals surface area contributed by atoms with E-state index in [4.69, 9.17) is 14.7 Å². The number of hydrogen-bond donors (Lipinski definition) is 1. The summed E-state index contributed by atoms with van der Waals surface area (Å²) in [6, 6.07) is 15.3. The number of carbonyl (C=O) groups excluding carboxylic acids is 1. The number of carbonyl (C=O) groups is 1. The highest BCUT2D eigenvalue weighted by molar-refractivity contribution is 5.94. The molecule has 2 heterocycles. The first-order chi connectivity index (χ1) is 15.1. The van der Waals surface area contributed by atoms with Crippen molar-refractivity contribution in [3.63, 3.8) is 0 Å². The monoisotopic (exact) mass is 419 g/mol. The summed E-state index contributed by atoms with van der Waals surface area (Å²) in [5.41, 5.74) is 1.56. The first-order valence-electron chi connectivity index (χ1n) is 10.8. The molecule has 1 aromatic heterocycles. The average molecular weight is 420 g/mol. The predicted molar refractivity (Wildman–Crippen MR) is 124 cm³/mol. The van der Waals surface area contributed by atoms with Crippen LogP contribution in [0.25, 0.3) is 10.9 Å². The molecule has 0 aliphatic carbocycles. The van der Waals surface area contributed by atoms with E-state index in [0.717, 1.165) is 35.8 Å². The SMILES string of the molecule is CN(C)C(=O)c1cccc(OCCNc2nc(N3CCCCC3)nc3ccccc23)c1. The van der Waals surface area contributed by atoms with Crippen molar-refractivity contribution in [3.05, 3.63) is 54.1 Å². The van der Waals surface area contributed by atoms with E-state index in [9.17, 15) is 4.79 Å². The molecule has 0 radical (unpaired) electrons. The summed E-state index contributed by atoms with van der Waals surface area (Å²) in [6.07, 6.45) is 3.64. The van der Waals surface area contributed by atoms with Gasteiger partial charge in [-0.3, -0.25) is 4.79 Å². The van der Waals surface area contributed by atoms with Crippen LogP contribution in [0.3, 0.4) is 0 Å². The van der Waals surface area contributed by atoms with Crippen LogP contribution < -0.4 is 15.0 Å². The Balaban J connectivity index is 1.43. The van der Waals surface area contributed by atoms with E-state index in [1.807, 2.05) is 36.4 Å². The standard InChI is InChI=1S/C24H29N5O2/c1-28(2)23(30)18-9-8-10-19(17-18)31-16-13-25-22-20-11-4-5-12-21(20)26-24(27-22)29-14-6-3-7-15-29/h4-5,8-12,17H,3,6-7,13-16H2,1-2H3,(H,25,26,27). The molecule has 1 aliphatic rings. The zero-order chi connectivity index (χ0) is 21.6. The summed E-state index contributed by atoms with van der Waals surface area (Å²) < 4.78 is 5.87. The van der Waals surface area contributed by atoms with E-state index in [1.54, 1.807) is 31.1 Å². The lowest BCUT2D eigenvalue weighted by Gasteiger charge is -2.27. The molecule has 7 heteroatoms. The molecule has 2 aromatic carbocycles. The molecule has 4 rings (SSSR count). The third kappa shape index (κ3) is 5.05. The maximum absolute atomic E-state index is 12.1. The number of piperidine rings is 1. The fraction of sp³-hybridized carbons (Fsp3) is 0.375. The number of benzene rings is 2. The molecule has 7 nitrogen and oxygen atoms in total. The molecule has 1 aliphatic heterocycles. The van der Waals surface area contributed by atoms with Crippen LogP contribution in [0.1, 0.15) is 29.6 Å². The minimum atomic E-state index is -0.0405. The largest absolute Gasteiger partial charge is 0.492 e. The van der Waals surface area contributed by atoms with Gasteiger partial charge in [0.1, 0.15) is 18.2 Å². The highest BCUT2D eigenvalue weighted by Crippen LogP contribution is 2.25. The van der Waals surface area contributed by atoms with Crippen LogP contribution in [0, 0.1) is 0 Å². The van der Waals surface area contributed by atoms with Crippen molar-refractivity contribution in [2.24, 2.45) is 0 Å². The molecule has 0 bridgehead atoms. The van der Waals surface area contributed by atoms with Crippen molar-refractivity contribution in [3.8, 4) is 5.75 Å². The smallest absolute Gasteiger partial charge is 0.253 e. The fourth-order valence-electron chi connectivity index (χ4n) is 3.75. The Hall–Kier alpha value is -3.35. The molecule has 31 heavy (non-hydrogen) atoms. The Morgan fingerprint density at radius 3 is 2.68 bits per heavy atom. The molecule has 1 N–H and O–H groups in total. The summed E-state index contributed by atoms with van der Waals surface area (Å²) in [5.74, 6) is 2.25. The maximum atomic E-state index is 12.1. The molecule has 1 fully saturated rings. The van der Waals surface area contributed by atoms with Gasteiger partial charge in [-0.2, -0.15) is 4.98 Å². The second kappa shape index (κ2) is 9.64. The summed E-state index contributed by atoms with van der Waals surface area (Å²) in [6.45, 7) is 3.05. The van der Waals surface area contributed by atoms with Gasteiger partial charge in [0.15, 0.2) is 0 Å². The summed E-state index contributed by atoms with van der Waals surface area (Å²) in [4.78, 5) is 25.6. The molecule has 0 atom stereocenters. The van der Waals surface area contributed by atoms with Crippen molar-refractivity contribution in [1.82, 2.24) is 14.9 Å². The fourth-order valence-corrected chi connectivity index (χ4v) is 3.75. The molecule has 1 amide bonds. The first-order valence-corrected chi connectivity index (χ1v) is 10.8. The Kier molecular flexibility index (Phi) is 6.50. The maximum Gasteiger partial charge on any atom is 0.253 e. The van der Waals surface area contributed by atoms with Gasteiger partial charge in [-0.1, -0.05) is 18.2 Å². The highest BCUT2D eigenvalue weighted by atomic mass is 16.5. The van der Waals surface area contributed by atoms with Crippen LogP contribution in [0.4, 0.5) is 11.8 Å². The number of fused-ring (bicyclic) bond motifs is 1. The van der Waals surface area contributed by atoms with Crippen LogP contribution >= 0.6 is 0 Å². The summed E-state index contributed by atoms with van der Waals surface area (Å²) in [5, 5.41) is 4.42. The van der Waals surface area contributed by atoms with E-state index in [2.05, 4.69) is 10.2 Å². The number of nitrogens with zero attached hydrogens (tertiary/aromatic N) is 4. The third-order valence-electron chi connectivity index (χ3n) is 5.38. The Morgan fingerprint density at radius 2 is 1.87 bits per heavy atom. The van der Waals surface area contributed by atoms with Crippen molar-refractivity contribution >= 4 is 28.6 Å². The van der Waals surface area contributed by atoms with Gasteiger partial charge in [0.05, 0.1) is 12.1 Å². The minimum Gasteiger partial charge on any atom is -0.492 e. The van der Waals surface area contributed by atoms with Gasteiger partial charge in [-0.05, 0) is 49.6 Å². The van der Waals surface area contributed by atoms with Crippen LogP contribution in [-0.4, -0.2) is 61.1 Å². The van der Waals surface area contributed by atoms with E-state index in [1.165, 1.54) is 19.3 Å². The first kappa shape index (κ1) is 20.9. The third-order valence-corrected chi connectivity index (χ3v) is 5.38. The molecule has 162 valence electrons. The van der Waals surface area contributed by atoms with Crippen molar-refractivity contribution in [2.45, 2.75) is 19.3 Å². The normalized spacial score (nSPS) is 13.8. The van der Waals surface area contributed by atoms with Crippen LogP contribution in [-0.2, 0) is 0 Å². The molecule has 3 aromatic rings. The Morgan fingerprint density at radius 1 is 1.06 bits per heavy atom. The number of anilines is 2. The molecule has 0 saturated carbocycles. The number of rotatable bonds is 7. The topological polar surface area (TPSA) is 70.6 Å². The number of aromatic nitrogens is 2. The van der Waals surface area contributed by atoms with E-state index in [0.29, 0.717) is 24.5 Å². The second-order valence-corrected chi connectivity index (χ2v) is 7.94. The van der Waals surface area contributed by atoms with Gasteiger partial charge in [0, 0.05) is 38.1 Å². The summed E-state index contributed by atoms with van der Waals surface area (Å²) in [7, 11) is 3.48. The predicted octanol–water partition coefficient (Wildman–Crippen LogP) is 3.81. The highest BCUT2D eigenvalue weighted by Gasteiger charge is 2.16. The van der Waals surface area contributed by atoms with Crippen LogP contribution in [0.2, 0.25) is 0 Å². The lowest BCUT2D eigenvalue weighted by atomic mass is 10.1. The van der Waals surface area contributed by atoms with Crippen molar-refractivity contribution in [2.75, 3.05) is 50.6 Å². The van der Waals surface area contributed by atoms with E-state index >= 15 is 0 Å². The Bertz CT molecular complexity index is 1050.